The van der Waals surface area contributed by atoms with E-state index in [1.54, 1.807) is 11.6 Å². The number of hydrogen-bond donors (Lipinski definition) is 3. The van der Waals surface area contributed by atoms with Gasteiger partial charge in [-0.15, -0.1) is 11.3 Å². The lowest BCUT2D eigenvalue weighted by Gasteiger charge is -2.14. The van der Waals surface area contributed by atoms with Crippen LogP contribution in [0.5, 0.6) is 0 Å². The number of carbonyl (C=O) groups excluding carboxylic acids is 1. The molecule has 0 aliphatic carbocycles. The fourth-order valence-electron chi connectivity index (χ4n) is 2.25. The van der Waals surface area contributed by atoms with Crippen LogP contribution in [0, 0.1) is 5.92 Å². The molecule has 0 spiro atoms. The lowest BCUT2D eigenvalue weighted by atomic mass is 10.1. The molecular formula is C13H15N3O2S. The predicted molar refractivity (Wildman–Crippen MR) is 74.3 cm³/mol. The summed E-state index contributed by atoms with van der Waals surface area (Å²) in [4.78, 5) is 16.2. The van der Waals surface area contributed by atoms with E-state index < -0.39 is 0 Å². The Bertz CT molecular complexity index is 598. The minimum Gasteiger partial charge on any atom is -0.391 e. The molecule has 2 unspecified atom stereocenters. The third kappa shape index (κ3) is 2.60. The first kappa shape index (κ1) is 12.5. The Kier molecular flexibility index (Phi) is 3.46. The van der Waals surface area contributed by atoms with Gasteiger partial charge in [-0.1, -0.05) is 0 Å². The number of nitrogens with one attached hydrogen (secondary N) is 2. The Labute approximate surface area is 114 Å². The zero-order valence-electron chi connectivity index (χ0n) is 10.3. The van der Waals surface area contributed by atoms with Crippen LogP contribution in [0.4, 0.5) is 0 Å². The quantitative estimate of drug-likeness (QED) is 0.768. The van der Waals surface area contributed by atoms with Crippen molar-refractivity contribution in [2.45, 2.75) is 6.10 Å². The lowest BCUT2D eigenvalue weighted by molar-refractivity contribution is 0.0927. The molecule has 2 heterocycles. The van der Waals surface area contributed by atoms with Crippen LogP contribution in [0.3, 0.4) is 0 Å². The highest BCUT2D eigenvalue weighted by Crippen LogP contribution is 2.19. The fourth-order valence-corrected chi connectivity index (χ4v) is 2.97. The third-order valence-electron chi connectivity index (χ3n) is 3.42. The van der Waals surface area contributed by atoms with Gasteiger partial charge in [0.05, 0.1) is 21.8 Å². The maximum absolute atomic E-state index is 12.0. The summed E-state index contributed by atoms with van der Waals surface area (Å²) < 4.78 is 1.01. The van der Waals surface area contributed by atoms with Gasteiger partial charge in [0, 0.05) is 31.1 Å². The van der Waals surface area contributed by atoms with E-state index in [-0.39, 0.29) is 17.9 Å². The van der Waals surface area contributed by atoms with Crippen LogP contribution >= 0.6 is 11.3 Å². The number of benzene rings is 1. The molecule has 2 atom stereocenters. The molecule has 1 aromatic carbocycles. The lowest BCUT2D eigenvalue weighted by Crippen LogP contribution is -2.34. The minimum absolute atomic E-state index is 0.0936. The largest absolute Gasteiger partial charge is 0.391 e. The van der Waals surface area contributed by atoms with Gasteiger partial charge in [-0.3, -0.25) is 4.79 Å². The van der Waals surface area contributed by atoms with Crippen molar-refractivity contribution in [3.63, 3.8) is 0 Å². The van der Waals surface area contributed by atoms with Gasteiger partial charge in [0.15, 0.2) is 0 Å². The smallest absolute Gasteiger partial charge is 0.251 e. The van der Waals surface area contributed by atoms with Gasteiger partial charge >= 0.3 is 0 Å². The number of aliphatic hydroxyl groups is 1. The van der Waals surface area contributed by atoms with E-state index in [9.17, 15) is 9.90 Å². The average Bonchev–Trinajstić information content (AvgIpc) is 3.03. The van der Waals surface area contributed by atoms with Gasteiger partial charge in [0.25, 0.3) is 5.91 Å². The summed E-state index contributed by atoms with van der Waals surface area (Å²) in [5.74, 6) is -0.00881. The van der Waals surface area contributed by atoms with Gasteiger partial charge in [-0.2, -0.15) is 0 Å². The molecule has 1 amide bonds. The fraction of sp³-hybridized carbons (Fsp3) is 0.385. The summed E-state index contributed by atoms with van der Waals surface area (Å²) in [5, 5.41) is 15.6. The molecule has 5 nitrogen and oxygen atoms in total. The summed E-state index contributed by atoms with van der Waals surface area (Å²) in [5.41, 5.74) is 3.32. The number of thiazole rings is 1. The minimum atomic E-state index is -0.371. The highest BCUT2D eigenvalue weighted by atomic mass is 32.1. The molecule has 100 valence electrons. The Morgan fingerprint density at radius 2 is 2.42 bits per heavy atom. The number of rotatable bonds is 3. The Morgan fingerprint density at radius 3 is 3.21 bits per heavy atom. The van der Waals surface area contributed by atoms with Crippen LogP contribution < -0.4 is 10.6 Å². The number of carbonyl (C=O) groups is 1. The molecule has 3 N–H and O–H groups in total. The van der Waals surface area contributed by atoms with E-state index in [4.69, 9.17) is 0 Å². The Morgan fingerprint density at radius 1 is 1.53 bits per heavy atom. The molecule has 19 heavy (non-hydrogen) atoms. The van der Waals surface area contributed by atoms with Crippen molar-refractivity contribution < 1.29 is 9.90 Å². The molecule has 0 bridgehead atoms. The van der Waals surface area contributed by atoms with Crippen molar-refractivity contribution in [3.8, 4) is 0 Å². The second-order valence-corrected chi connectivity index (χ2v) is 5.62. The van der Waals surface area contributed by atoms with E-state index in [0.717, 1.165) is 16.8 Å². The first-order valence-electron chi connectivity index (χ1n) is 6.24. The maximum atomic E-state index is 12.0. The summed E-state index contributed by atoms with van der Waals surface area (Å²) in [6, 6.07) is 5.49. The van der Waals surface area contributed by atoms with Gasteiger partial charge < -0.3 is 15.7 Å². The summed E-state index contributed by atoms with van der Waals surface area (Å²) in [6.07, 6.45) is -0.371. The van der Waals surface area contributed by atoms with Crippen molar-refractivity contribution in [1.29, 1.82) is 0 Å². The monoisotopic (exact) mass is 277 g/mol. The van der Waals surface area contributed by atoms with Crippen molar-refractivity contribution in [2.24, 2.45) is 5.92 Å². The number of fused-ring (bicyclic) bond motifs is 1. The Hall–Kier alpha value is -1.50. The zero-order chi connectivity index (χ0) is 13.2. The first-order chi connectivity index (χ1) is 9.24. The van der Waals surface area contributed by atoms with Crippen LogP contribution in [0.25, 0.3) is 10.2 Å². The molecule has 1 fully saturated rings. The van der Waals surface area contributed by atoms with Gasteiger partial charge in [0.2, 0.25) is 0 Å². The first-order valence-corrected chi connectivity index (χ1v) is 7.12. The molecule has 0 saturated carbocycles. The average molecular weight is 277 g/mol. The highest BCUT2D eigenvalue weighted by Gasteiger charge is 2.25. The van der Waals surface area contributed by atoms with Gasteiger partial charge in [-0.05, 0) is 18.2 Å². The predicted octanol–water partition coefficient (Wildman–Crippen LogP) is 0.606. The molecule has 1 aliphatic rings. The van der Waals surface area contributed by atoms with E-state index in [2.05, 4.69) is 15.6 Å². The SMILES string of the molecule is O=C(NCC1CNCC1O)c1ccc2ncsc2c1. The second kappa shape index (κ2) is 5.24. The molecule has 1 aromatic heterocycles. The van der Waals surface area contributed by atoms with Crippen molar-refractivity contribution in [1.82, 2.24) is 15.6 Å². The molecule has 2 aromatic rings. The van der Waals surface area contributed by atoms with E-state index in [0.29, 0.717) is 18.7 Å². The Balaban J connectivity index is 1.66. The summed E-state index contributed by atoms with van der Waals surface area (Å²) >= 11 is 1.52. The summed E-state index contributed by atoms with van der Waals surface area (Å²) in [6.45, 7) is 1.84. The van der Waals surface area contributed by atoms with Gasteiger partial charge in [0.1, 0.15) is 0 Å². The number of aromatic nitrogens is 1. The topological polar surface area (TPSA) is 74.2 Å². The molecule has 1 aliphatic heterocycles. The normalized spacial score (nSPS) is 22.8. The standard InChI is InChI=1S/C13H15N3O2S/c17-11-6-14-4-9(11)5-15-13(18)8-1-2-10-12(3-8)19-7-16-10/h1-3,7,9,11,14,17H,4-6H2,(H,15,18). The van der Waals surface area contributed by atoms with Crippen molar-refractivity contribution in [3.05, 3.63) is 29.3 Å². The number of β-amino-alcohol motifs (C(OH)–C–C–N with tert-alkyl or cyclic N) is 1. The van der Waals surface area contributed by atoms with E-state index in [1.807, 2.05) is 12.1 Å². The second-order valence-electron chi connectivity index (χ2n) is 4.73. The number of hydrogen-bond acceptors (Lipinski definition) is 5. The van der Waals surface area contributed by atoms with Crippen LogP contribution in [-0.4, -0.2) is 41.7 Å². The van der Waals surface area contributed by atoms with E-state index in [1.165, 1.54) is 11.3 Å². The van der Waals surface area contributed by atoms with Crippen LogP contribution in [0.15, 0.2) is 23.7 Å². The highest BCUT2D eigenvalue weighted by molar-refractivity contribution is 7.16. The number of nitrogens with zero attached hydrogens (tertiary/aromatic N) is 1. The van der Waals surface area contributed by atoms with Crippen molar-refractivity contribution >= 4 is 27.5 Å². The molecule has 6 heteroatoms. The van der Waals surface area contributed by atoms with Crippen LogP contribution in [-0.2, 0) is 0 Å². The van der Waals surface area contributed by atoms with Crippen molar-refractivity contribution in [2.75, 3.05) is 19.6 Å². The van der Waals surface area contributed by atoms with Crippen LogP contribution in [0.2, 0.25) is 0 Å². The number of amides is 1. The van der Waals surface area contributed by atoms with Gasteiger partial charge in [-0.25, -0.2) is 4.98 Å². The van der Waals surface area contributed by atoms with Crippen LogP contribution in [0.1, 0.15) is 10.4 Å². The third-order valence-corrected chi connectivity index (χ3v) is 4.21. The molecular weight excluding hydrogens is 262 g/mol. The summed E-state index contributed by atoms with van der Waals surface area (Å²) in [7, 11) is 0. The molecule has 0 radical (unpaired) electrons. The molecule has 1 saturated heterocycles. The van der Waals surface area contributed by atoms with E-state index >= 15 is 0 Å². The maximum Gasteiger partial charge on any atom is 0.251 e. The zero-order valence-corrected chi connectivity index (χ0v) is 11.1. The molecule has 3 rings (SSSR count). The number of aliphatic hydroxyl groups excluding tert-OH is 1.